The summed E-state index contributed by atoms with van der Waals surface area (Å²) in [7, 11) is 0. The second kappa shape index (κ2) is 4.84. The van der Waals surface area contributed by atoms with Crippen molar-refractivity contribution in [2.75, 3.05) is 0 Å². The van der Waals surface area contributed by atoms with Gasteiger partial charge in [0, 0.05) is 5.56 Å². The molecule has 1 aliphatic rings. The lowest BCUT2D eigenvalue weighted by atomic mass is 10.1. The van der Waals surface area contributed by atoms with Crippen LogP contribution in [0.2, 0.25) is 0 Å². The van der Waals surface area contributed by atoms with Crippen molar-refractivity contribution in [3.63, 3.8) is 0 Å². The number of rotatable bonds is 5. The van der Waals surface area contributed by atoms with E-state index in [0.29, 0.717) is 18.1 Å². The molecule has 1 aliphatic carbocycles. The molecule has 1 heterocycles. The van der Waals surface area contributed by atoms with Crippen molar-refractivity contribution in [2.45, 2.75) is 39.2 Å². The van der Waals surface area contributed by atoms with Gasteiger partial charge in [-0.1, -0.05) is 12.8 Å². The van der Waals surface area contributed by atoms with Gasteiger partial charge in [-0.15, -0.1) is 0 Å². The molecule has 5 heteroatoms. The van der Waals surface area contributed by atoms with Gasteiger partial charge in [0.15, 0.2) is 5.76 Å². The molecule has 1 saturated carbocycles. The van der Waals surface area contributed by atoms with Crippen LogP contribution in [0.25, 0.3) is 0 Å². The average Bonchev–Trinajstić information content (AvgIpc) is 3.02. The van der Waals surface area contributed by atoms with E-state index in [4.69, 9.17) is 9.52 Å². The number of amides is 1. The Bertz CT molecular complexity index is 473. The monoisotopic (exact) mass is 251 g/mol. The topological polar surface area (TPSA) is 79.5 Å². The zero-order valence-electron chi connectivity index (χ0n) is 10.5. The fourth-order valence-corrected chi connectivity index (χ4v) is 2.00. The van der Waals surface area contributed by atoms with Gasteiger partial charge in [0.1, 0.15) is 11.8 Å². The Balaban J connectivity index is 2.03. The third-order valence-electron chi connectivity index (χ3n) is 3.12. The Labute approximate surface area is 105 Å². The van der Waals surface area contributed by atoms with Gasteiger partial charge in [-0.2, -0.15) is 0 Å². The molecule has 1 atom stereocenters. The minimum absolute atomic E-state index is 0.203. The molecule has 98 valence electrons. The number of carbonyl (C=O) groups excluding carboxylic acids is 1. The highest BCUT2D eigenvalue weighted by atomic mass is 16.4. The third kappa shape index (κ3) is 2.91. The van der Waals surface area contributed by atoms with E-state index in [-0.39, 0.29) is 5.76 Å². The molecule has 2 N–H and O–H groups in total. The molecule has 0 radical (unpaired) electrons. The lowest BCUT2D eigenvalue weighted by molar-refractivity contribution is -0.139. The van der Waals surface area contributed by atoms with Crippen molar-refractivity contribution in [3.05, 3.63) is 23.2 Å². The first-order valence-electron chi connectivity index (χ1n) is 6.08. The van der Waals surface area contributed by atoms with Crippen LogP contribution in [-0.2, 0) is 4.79 Å². The van der Waals surface area contributed by atoms with E-state index in [1.165, 1.54) is 0 Å². The van der Waals surface area contributed by atoms with Crippen molar-refractivity contribution in [2.24, 2.45) is 5.92 Å². The summed E-state index contributed by atoms with van der Waals surface area (Å²) in [6.45, 7) is 3.52. The first-order chi connectivity index (χ1) is 8.47. The zero-order valence-corrected chi connectivity index (χ0v) is 10.5. The first kappa shape index (κ1) is 12.7. The van der Waals surface area contributed by atoms with E-state index in [1.54, 1.807) is 19.9 Å². The molecule has 1 fully saturated rings. The van der Waals surface area contributed by atoms with Gasteiger partial charge in [0.2, 0.25) is 0 Å². The standard InChI is InChI=1S/C13H17NO4/c1-7-5-8(2)18-11(7)12(15)14-10(13(16)17)6-9-3-4-9/h5,9-10H,3-4,6H2,1-2H3,(H,14,15)(H,16,17). The maximum Gasteiger partial charge on any atom is 0.326 e. The summed E-state index contributed by atoms with van der Waals surface area (Å²) in [5.41, 5.74) is 0.723. The zero-order chi connectivity index (χ0) is 13.3. The van der Waals surface area contributed by atoms with Crippen LogP contribution >= 0.6 is 0 Å². The van der Waals surface area contributed by atoms with E-state index in [0.717, 1.165) is 18.4 Å². The largest absolute Gasteiger partial charge is 0.480 e. The van der Waals surface area contributed by atoms with Crippen molar-refractivity contribution < 1.29 is 19.1 Å². The number of carbonyl (C=O) groups is 2. The summed E-state index contributed by atoms with van der Waals surface area (Å²) in [6, 6.07) is 0.931. The van der Waals surface area contributed by atoms with Crippen LogP contribution in [0, 0.1) is 19.8 Å². The van der Waals surface area contributed by atoms with Gasteiger partial charge in [0.25, 0.3) is 5.91 Å². The summed E-state index contributed by atoms with van der Waals surface area (Å²) in [6.07, 6.45) is 2.61. The number of hydrogen-bond donors (Lipinski definition) is 2. The summed E-state index contributed by atoms with van der Waals surface area (Å²) in [5, 5.41) is 11.6. The predicted molar refractivity (Wildman–Crippen MR) is 64.4 cm³/mol. The molecular weight excluding hydrogens is 234 g/mol. The van der Waals surface area contributed by atoms with Crippen molar-refractivity contribution >= 4 is 11.9 Å². The maximum atomic E-state index is 11.9. The van der Waals surface area contributed by atoms with Gasteiger partial charge in [-0.3, -0.25) is 4.79 Å². The average molecular weight is 251 g/mol. The van der Waals surface area contributed by atoms with Gasteiger partial charge in [0.05, 0.1) is 0 Å². The molecule has 0 spiro atoms. The van der Waals surface area contributed by atoms with Gasteiger partial charge < -0.3 is 14.8 Å². The van der Waals surface area contributed by atoms with Gasteiger partial charge in [-0.25, -0.2) is 4.79 Å². The highest BCUT2D eigenvalue weighted by Crippen LogP contribution is 2.33. The van der Waals surface area contributed by atoms with Crippen molar-refractivity contribution in [3.8, 4) is 0 Å². The second-order valence-electron chi connectivity index (χ2n) is 4.91. The highest BCUT2D eigenvalue weighted by Gasteiger charge is 2.31. The Hall–Kier alpha value is -1.78. The van der Waals surface area contributed by atoms with Crippen LogP contribution in [-0.4, -0.2) is 23.0 Å². The first-order valence-corrected chi connectivity index (χ1v) is 6.08. The Morgan fingerprint density at radius 3 is 2.61 bits per heavy atom. The fourth-order valence-electron chi connectivity index (χ4n) is 2.00. The molecule has 1 aromatic rings. The van der Waals surface area contributed by atoms with E-state index < -0.39 is 17.9 Å². The van der Waals surface area contributed by atoms with Crippen molar-refractivity contribution in [1.82, 2.24) is 5.32 Å². The fraction of sp³-hybridized carbons (Fsp3) is 0.538. The lowest BCUT2D eigenvalue weighted by Gasteiger charge is -2.13. The number of hydrogen-bond acceptors (Lipinski definition) is 3. The Morgan fingerprint density at radius 1 is 1.50 bits per heavy atom. The molecule has 0 saturated heterocycles. The Kier molecular flexibility index (Phi) is 3.41. The van der Waals surface area contributed by atoms with Crippen LogP contribution in [0.15, 0.2) is 10.5 Å². The van der Waals surface area contributed by atoms with E-state index >= 15 is 0 Å². The highest BCUT2D eigenvalue weighted by molar-refractivity contribution is 5.95. The molecule has 18 heavy (non-hydrogen) atoms. The predicted octanol–water partition coefficient (Wildman–Crippen LogP) is 1.88. The van der Waals surface area contributed by atoms with Crippen LogP contribution in [0.4, 0.5) is 0 Å². The van der Waals surface area contributed by atoms with E-state index in [9.17, 15) is 9.59 Å². The number of furan rings is 1. The van der Waals surface area contributed by atoms with Gasteiger partial charge in [-0.05, 0) is 32.3 Å². The van der Waals surface area contributed by atoms with Crippen LogP contribution in [0.5, 0.6) is 0 Å². The summed E-state index contributed by atoms with van der Waals surface area (Å²) < 4.78 is 5.27. The maximum absolute atomic E-state index is 11.9. The number of carboxylic acids is 1. The molecule has 1 aromatic heterocycles. The van der Waals surface area contributed by atoms with Crippen molar-refractivity contribution in [1.29, 1.82) is 0 Å². The Morgan fingerprint density at radius 2 is 2.17 bits per heavy atom. The molecule has 0 bridgehead atoms. The summed E-state index contributed by atoms with van der Waals surface area (Å²) in [4.78, 5) is 23.0. The van der Waals surface area contributed by atoms with Crippen LogP contribution in [0.1, 0.15) is 41.1 Å². The number of aliphatic carboxylic acids is 1. The molecule has 0 aliphatic heterocycles. The van der Waals surface area contributed by atoms with E-state index in [2.05, 4.69) is 5.32 Å². The smallest absolute Gasteiger partial charge is 0.326 e. The van der Waals surface area contributed by atoms with Crippen LogP contribution in [0.3, 0.4) is 0 Å². The lowest BCUT2D eigenvalue weighted by Crippen LogP contribution is -2.41. The normalized spacial score (nSPS) is 16.3. The number of aryl methyl sites for hydroxylation is 2. The number of nitrogens with one attached hydrogen (secondary N) is 1. The minimum Gasteiger partial charge on any atom is -0.480 e. The third-order valence-corrected chi connectivity index (χ3v) is 3.12. The SMILES string of the molecule is Cc1cc(C)c(C(=O)NC(CC2CC2)C(=O)O)o1. The molecule has 0 aromatic carbocycles. The minimum atomic E-state index is -0.990. The molecule has 1 amide bonds. The number of carboxylic acid groups (broad SMARTS) is 1. The molecule has 5 nitrogen and oxygen atoms in total. The quantitative estimate of drug-likeness (QED) is 0.837. The second-order valence-corrected chi connectivity index (χ2v) is 4.91. The summed E-state index contributed by atoms with van der Waals surface area (Å²) in [5.74, 6) is -0.156. The van der Waals surface area contributed by atoms with Crippen LogP contribution < -0.4 is 5.32 Å². The molecule has 2 rings (SSSR count). The van der Waals surface area contributed by atoms with E-state index in [1.807, 2.05) is 0 Å². The molecular formula is C13H17NO4. The molecule has 1 unspecified atom stereocenters. The van der Waals surface area contributed by atoms with Gasteiger partial charge >= 0.3 is 5.97 Å². The summed E-state index contributed by atoms with van der Waals surface area (Å²) >= 11 is 0.